The fourth-order valence-electron chi connectivity index (χ4n) is 2.19. The summed E-state index contributed by atoms with van der Waals surface area (Å²) in [6, 6.07) is 0. The molecule has 6 heteroatoms. The molecule has 6 nitrogen and oxygen atoms in total. The summed E-state index contributed by atoms with van der Waals surface area (Å²) < 4.78 is 21.1. The molecule has 0 saturated carbocycles. The number of rotatable bonds is 6. The van der Waals surface area contributed by atoms with E-state index in [1.807, 2.05) is 0 Å². The molecule has 19 heavy (non-hydrogen) atoms. The third kappa shape index (κ3) is 4.04. The Labute approximate surface area is 112 Å². The lowest BCUT2D eigenvalue weighted by molar-refractivity contribution is -0.174. The third-order valence-electron chi connectivity index (χ3n) is 2.95. The Morgan fingerprint density at radius 3 is 2.58 bits per heavy atom. The molecule has 0 spiro atoms. The van der Waals surface area contributed by atoms with Crippen molar-refractivity contribution >= 4 is 11.9 Å². The van der Waals surface area contributed by atoms with Crippen molar-refractivity contribution in [3.05, 3.63) is 12.7 Å². The molecule has 0 aromatic heterocycles. The van der Waals surface area contributed by atoms with E-state index in [9.17, 15) is 9.59 Å². The molecule has 0 bridgehead atoms. The summed E-state index contributed by atoms with van der Waals surface area (Å²) in [4.78, 5) is 22.2. The lowest BCUT2D eigenvalue weighted by atomic mass is 9.91. The Morgan fingerprint density at radius 1 is 1.42 bits per heavy atom. The fourth-order valence-corrected chi connectivity index (χ4v) is 2.19. The topological polar surface area (TPSA) is 71.1 Å². The molecule has 0 radical (unpaired) electrons. The van der Waals surface area contributed by atoms with Gasteiger partial charge in [-0.05, 0) is 0 Å². The van der Waals surface area contributed by atoms with Crippen molar-refractivity contribution < 1.29 is 28.5 Å². The monoisotopic (exact) mass is 272 g/mol. The Hall–Kier alpha value is -1.40. The maximum Gasteiger partial charge on any atom is 0.303 e. The second-order valence-electron chi connectivity index (χ2n) is 4.45. The molecule has 108 valence electrons. The Morgan fingerprint density at radius 2 is 2.11 bits per heavy atom. The Bertz CT molecular complexity index is 353. The van der Waals surface area contributed by atoms with E-state index in [0.717, 1.165) is 0 Å². The van der Waals surface area contributed by atoms with Gasteiger partial charge < -0.3 is 18.9 Å². The van der Waals surface area contributed by atoms with Gasteiger partial charge in [0.05, 0.1) is 0 Å². The van der Waals surface area contributed by atoms with Crippen LogP contribution in [0.1, 0.15) is 26.7 Å². The average molecular weight is 272 g/mol. The maximum atomic E-state index is 11.3. The number of hydrogen-bond donors (Lipinski definition) is 0. The summed E-state index contributed by atoms with van der Waals surface area (Å²) in [7, 11) is 1.51. The highest BCUT2D eigenvalue weighted by atomic mass is 16.7. The van der Waals surface area contributed by atoms with E-state index in [2.05, 4.69) is 6.58 Å². The molecule has 1 fully saturated rings. The van der Waals surface area contributed by atoms with Crippen LogP contribution in [0, 0.1) is 0 Å². The summed E-state index contributed by atoms with van der Waals surface area (Å²) >= 11 is 0. The Kier molecular flexibility index (Phi) is 5.50. The van der Waals surface area contributed by atoms with Gasteiger partial charge in [-0.2, -0.15) is 0 Å². The molecule has 1 saturated heterocycles. The predicted octanol–water partition coefficient (Wildman–Crippen LogP) is 1.19. The number of carbonyl (C=O) groups excluding carboxylic acids is 2. The first-order valence-corrected chi connectivity index (χ1v) is 6.05. The molecule has 0 amide bonds. The highest BCUT2D eigenvalue weighted by molar-refractivity contribution is 5.67. The van der Waals surface area contributed by atoms with Gasteiger partial charge in [-0.15, -0.1) is 6.58 Å². The largest absolute Gasteiger partial charge is 0.463 e. The van der Waals surface area contributed by atoms with Crippen LogP contribution < -0.4 is 0 Å². The predicted molar refractivity (Wildman–Crippen MR) is 66.2 cm³/mol. The second kappa shape index (κ2) is 6.68. The molecular formula is C13H20O6. The number of hydrogen-bond acceptors (Lipinski definition) is 6. The van der Waals surface area contributed by atoms with Crippen LogP contribution in [0.15, 0.2) is 12.7 Å². The first-order valence-electron chi connectivity index (χ1n) is 6.05. The molecule has 0 aromatic carbocycles. The van der Waals surface area contributed by atoms with E-state index >= 15 is 0 Å². The van der Waals surface area contributed by atoms with E-state index in [0.29, 0.717) is 12.8 Å². The van der Waals surface area contributed by atoms with Crippen LogP contribution in [0.3, 0.4) is 0 Å². The molecule has 1 aliphatic heterocycles. The minimum atomic E-state index is -0.899. The lowest BCUT2D eigenvalue weighted by Crippen LogP contribution is -2.45. The first kappa shape index (κ1) is 15.7. The van der Waals surface area contributed by atoms with Gasteiger partial charge in [0, 0.05) is 33.8 Å². The summed E-state index contributed by atoms with van der Waals surface area (Å²) in [5, 5.41) is 0. The maximum absolute atomic E-state index is 11.3. The highest BCUT2D eigenvalue weighted by Gasteiger charge is 2.51. The molecule has 1 aliphatic rings. The molecule has 0 N–H and O–H groups in total. The quantitative estimate of drug-likeness (QED) is 0.534. The van der Waals surface area contributed by atoms with Crippen LogP contribution in [0.4, 0.5) is 0 Å². The summed E-state index contributed by atoms with van der Waals surface area (Å²) in [5.41, 5.74) is -0.899. The van der Waals surface area contributed by atoms with Crippen LogP contribution in [-0.4, -0.2) is 43.7 Å². The van der Waals surface area contributed by atoms with Gasteiger partial charge in [0.25, 0.3) is 0 Å². The standard InChI is InChI=1S/C13H20O6/c1-5-6-13(19-10(3)15)7-12(16-4)18-11(13)8-17-9(2)14/h5,11-12H,1,6-8H2,2-4H3/t11-,12+,13-/m1/s1. The third-order valence-corrected chi connectivity index (χ3v) is 2.95. The zero-order chi connectivity index (χ0) is 14.5. The molecular weight excluding hydrogens is 252 g/mol. The number of esters is 2. The smallest absolute Gasteiger partial charge is 0.303 e. The van der Waals surface area contributed by atoms with Gasteiger partial charge in [0.15, 0.2) is 6.29 Å². The highest BCUT2D eigenvalue weighted by Crippen LogP contribution is 2.38. The van der Waals surface area contributed by atoms with Crippen LogP contribution in [0.5, 0.6) is 0 Å². The van der Waals surface area contributed by atoms with Crippen molar-refractivity contribution in [2.75, 3.05) is 13.7 Å². The molecule has 1 heterocycles. The van der Waals surface area contributed by atoms with Crippen LogP contribution in [-0.2, 0) is 28.5 Å². The van der Waals surface area contributed by atoms with Gasteiger partial charge in [-0.3, -0.25) is 9.59 Å². The van der Waals surface area contributed by atoms with Gasteiger partial charge in [-0.1, -0.05) is 6.08 Å². The van der Waals surface area contributed by atoms with Gasteiger partial charge in [0.2, 0.25) is 0 Å². The van der Waals surface area contributed by atoms with Gasteiger partial charge >= 0.3 is 11.9 Å². The van der Waals surface area contributed by atoms with Crippen molar-refractivity contribution in [2.24, 2.45) is 0 Å². The van der Waals surface area contributed by atoms with Gasteiger partial charge in [0.1, 0.15) is 18.3 Å². The van der Waals surface area contributed by atoms with Crippen LogP contribution in [0.25, 0.3) is 0 Å². The van der Waals surface area contributed by atoms with Crippen molar-refractivity contribution in [3.63, 3.8) is 0 Å². The lowest BCUT2D eigenvalue weighted by Gasteiger charge is -2.31. The number of ether oxygens (including phenoxy) is 4. The minimum Gasteiger partial charge on any atom is -0.463 e. The first-order chi connectivity index (χ1) is 8.93. The van der Waals surface area contributed by atoms with Crippen LogP contribution >= 0.6 is 0 Å². The molecule has 0 aromatic rings. The van der Waals surface area contributed by atoms with E-state index < -0.39 is 29.9 Å². The number of carbonyl (C=O) groups is 2. The van der Waals surface area contributed by atoms with E-state index in [-0.39, 0.29) is 6.61 Å². The van der Waals surface area contributed by atoms with E-state index in [4.69, 9.17) is 18.9 Å². The van der Waals surface area contributed by atoms with Crippen molar-refractivity contribution in [1.29, 1.82) is 0 Å². The zero-order valence-electron chi connectivity index (χ0n) is 11.5. The second-order valence-corrected chi connectivity index (χ2v) is 4.45. The molecule has 0 unspecified atom stereocenters. The minimum absolute atomic E-state index is 0.0102. The molecule has 3 atom stereocenters. The van der Waals surface area contributed by atoms with Gasteiger partial charge in [-0.25, -0.2) is 0 Å². The normalized spacial score (nSPS) is 29.8. The summed E-state index contributed by atoms with van der Waals surface area (Å²) in [6.07, 6.45) is 1.35. The number of methoxy groups -OCH3 is 1. The van der Waals surface area contributed by atoms with Crippen LogP contribution in [0.2, 0.25) is 0 Å². The Balaban J connectivity index is 2.88. The average Bonchev–Trinajstić information content (AvgIpc) is 2.64. The summed E-state index contributed by atoms with van der Waals surface area (Å²) in [6.45, 7) is 6.31. The summed E-state index contributed by atoms with van der Waals surface area (Å²) in [5.74, 6) is -0.838. The SMILES string of the molecule is C=CC[C@@]1(OC(C)=O)C[C@@H](OC)O[C@@H]1COC(C)=O. The van der Waals surface area contributed by atoms with E-state index in [1.165, 1.54) is 21.0 Å². The molecule has 1 rings (SSSR count). The zero-order valence-corrected chi connectivity index (χ0v) is 11.5. The van der Waals surface area contributed by atoms with Crippen molar-refractivity contribution in [3.8, 4) is 0 Å². The fraction of sp³-hybridized carbons (Fsp3) is 0.692. The molecule has 0 aliphatic carbocycles. The van der Waals surface area contributed by atoms with Crippen molar-refractivity contribution in [1.82, 2.24) is 0 Å². The van der Waals surface area contributed by atoms with Crippen molar-refractivity contribution in [2.45, 2.75) is 44.7 Å². The van der Waals surface area contributed by atoms with E-state index in [1.54, 1.807) is 6.08 Å².